The van der Waals surface area contributed by atoms with Crippen LogP contribution < -0.4 is 0 Å². The molecule has 0 fully saturated rings. The van der Waals surface area contributed by atoms with Crippen LogP contribution in [-0.4, -0.2) is 22.3 Å². The quantitative estimate of drug-likeness (QED) is 0.844. The monoisotopic (exact) mass is 315 g/mol. The second kappa shape index (κ2) is 6.01. The van der Waals surface area contributed by atoms with Crippen LogP contribution >= 0.6 is 11.3 Å². The van der Waals surface area contributed by atoms with Gasteiger partial charge < -0.3 is 4.90 Å². The van der Waals surface area contributed by atoms with E-state index >= 15 is 0 Å². The molecule has 22 heavy (non-hydrogen) atoms. The normalized spacial score (nSPS) is 18.2. The Bertz CT molecular complexity index is 734. The number of allylic oxidation sites excluding steroid dienone is 1. The lowest BCUT2D eigenvalue weighted by atomic mass is 9.99. The average Bonchev–Trinajstić information content (AvgIpc) is 3.03. The van der Waals surface area contributed by atoms with E-state index in [4.69, 9.17) is 4.99 Å². The Morgan fingerprint density at radius 2 is 2.14 bits per heavy atom. The summed E-state index contributed by atoms with van der Waals surface area (Å²) in [6.45, 7) is 6.79. The second-order valence-corrected chi connectivity index (χ2v) is 6.14. The molecule has 0 aliphatic carbocycles. The van der Waals surface area contributed by atoms with Gasteiger partial charge in [-0.2, -0.15) is 0 Å². The molecule has 3 nitrogen and oxygen atoms in total. The van der Waals surface area contributed by atoms with Gasteiger partial charge in [-0.1, -0.05) is 12.1 Å². The van der Waals surface area contributed by atoms with Crippen molar-refractivity contribution in [1.82, 2.24) is 9.88 Å². The van der Waals surface area contributed by atoms with E-state index in [2.05, 4.69) is 29.8 Å². The highest BCUT2D eigenvalue weighted by Crippen LogP contribution is 2.31. The molecule has 0 saturated carbocycles. The molecule has 0 spiro atoms. The van der Waals surface area contributed by atoms with Crippen molar-refractivity contribution in [2.45, 2.75) is 26.8 Å². The van der Waals surface area contributed by atoms with Crippen LogP contribution in [0.3, 0.4) is 0 Å². The molecule has 0 bridgehead atoms. The molecule has 0 saturated heterocycles. The largest absolute Gasteiger partial charge is 0.329 e. The first kappa shape index (κ1) is 14.9. The molecular formula is C17H18FN3S. The van der Waals surface area contributed by atoms with Gasteiger partial charge in [0.15, 0.2) is 10.8 Å². The van der Waals surface area contributed by atoms with Crippen LogP contribution in [0.15, 0.2) is 46.5 Å². The first-order valence-corrected chi connectivity index (χ1v) is 8.18. The fourth-order valence-electron chi connectivity index (χ4n) is 2.73. The first-order valence-electron chi connectivity index (χ1n) is 7.30. The summed E-state index contributed by atoms with van der Waals surface area (Å²) in [5.74, 6) is 0.679. The molecule has 3 rings (SSSR count). The fraction of sp³-hybridized carbons (Fsp3) is 0.294. The van der Waals surface area contributed by atoms with Crippen LogP contribution in [0.25, 0.3) is 0 Å². The van der Waals surface area contributed by atoms with Crippen molar-refractivity contribution in [3.8, 4) is 0 Å². The summed E-state index contributed by atoms with van der Waals surface area (Å²) in [6, 6.07) is 5.00. The molecule has 0 radical (unpaired) electrons. The van der Waals surface area contributed by atoms with Crippen molar-refractivity contribution >= 4 is 17.2 Å². The van der Waals surface area contributed by atoms with Crippen LogP contribution in [-0.2, 0) is 0 Å². The molecule has 5 heteroatoms. The maximum absolute atomic E-state index is 13.9. The zero-order chi connectivity index (χ0) is 15.7. The van der Waals surface area contributed by atoms with Gasteiger partial charge in [-0.15, -0.1) is 11.3 Å². The maximum Gasteiger partial charge on any atom is 0.165 e. The molecule has 1 aliphatic heterocycles. The number of rotatable bonds is 3. The highest BCUT2D eigenvalue weighted by molar-refractivity contribution is 7.11. The number of aliphatic imine (C=N–C) groups is 1. The van der Waals surface area contributed by atoms with E-state index in [1.807, 2.05) is 11.4 Å². The summed E-state index contributed by atoms with van der Waals surface area (Å²) in [5.41, 5.74) is 2.68. The van der Waals surface area contributed by atoms with Gasteiger partial charge in [0.05, 0.1) is 6.04 Å². The number of nitrogens with zero attached hydrogens (tertiary/aromatic N) is 3. The van der Waals surface area contributed by atoms with Gasteiger partial charge in [0.1, 0.15) is 5.82 Å². The molecule has 0 N–H and O–H groups in total. The van der Waals surface area contributed by atoms with Gasteiger partial charge in [-0.25, -0.2) is 9.37 Å². The highest BCUT2D eigenvalue weighted by Gasteiger charge is 2.25. The zero-order valence-electron chi connectivity index (χ0n) is 12.9. The summed E-state index contributed by atoms with van der Waals surface area (Å²) in [6.07, 6.45) is 3.87. The third-order valence-electron chi connectivity index (χ3n) is 3.91. The Kier molecular flexibility index (Phi) is 4.07. The van der Waals surface area contributed by atoms with Crippen molar-refractivity contribution in [2.24, 2.45) is 4.99 Å². The van der Waals surface area contributed by atoms with Gasteiger partial charge >= 0.3 is 0 Å². The zero-order valence-corrected chi connectivity index (χ0v) is 13.7. The smallest absolute Gasteiger partial charge is 0.165 e. The van der Waals surface area contributed by atoms with E-state index in [9.17, 15) is 4.39 Å². The summed E-state index contributed by atoms with van der Waals surface area (Å²) in [7, 11) is 0. The number of hydrogen-bond acceptors (Lipinski definition) is 4. The lowest BCUT2D eigenvalue weighted by Crippen LogP contribution is -2.33. The molecule has 114 valence electrons. The van der Waals surface area contributed by atoms with E-state index < -0.39 is 0 Å². The van der Waals surface area contributed by atoms with Crippen molar-refractivity contribution in [1.29, 1.82) is 0 Å². The van der Waals surface area contributed by atoms with E-state index in [0.717, 1.165) is 28.6 Å². The summed E-state index contributed by atoms with van der Waals surface area (Å²) in [4.78, 5) is 11.4. The highest BCUT2D eigenvalue weighted by atomic mass is 32.1. The van der Waals surface area contributed by atoms with Gasteiger partial charge in [-0.05, 0) is 44.0 Å². The number of benzene rings is 1. The van der Waals surface area contributed by atoms with Gasteiger partial charge in [-0.3, -0.25) is 4.99 Å². The lowest BCUT2D eigenvalue weighted by molar-refractivity contribution is 0.517. The minimum Gasteiger partial charge on any atom is -0.329 e. The van der Waals surface area contributed by atoms with Crippen LogP contribution in [0.2, 0.25) is 0 Å². The van der Waals surface area contributed by atoms with Crippen molar-refractivity contribution in [3.05, 3.63) is 63.5 Å². The minimum atomic E-state index is -0.188. The van der Waals surface area contributed by atoms with Crippen LogP contribution in [0.5, 0.6) is 0 Å². The molecule has 2 aromatic rings. The Balaban J connectivity index is 2.09. The lowest BCUT2D eigenvalue weighted by Gasteiger charge is -2.30. The summed E-state index contributed by atoms with van der Waals surface area (Å²) >= 11 is 1.57. The van der Waals surface area contributed by atoms with Crippen LogP contribution in [0.1, 0.15) is 36.0 Å². The Morgan fingerprint density at radius 1 is 1.32 bits per heavy atom. The van der Waals surface area contributed by atoms with Crippen LogP contribution in [0, 0.1) is 12.7 Å². The Hall–Kier alpha value is -2.01. The molecule has 0 amide bonds. The number of amidine groups is 1. The average molecular weight is 315 g/mol. The number of hydrogen-bond donors (Lipinski definition) is 0. The van der Waals surface area contributed by atoms with Gasteiger partial charge in [0, 0.05) is 23.8 Å². The number of thiazole rings is 1. The van der Waals surface area contributed by atoms with E-state index in [0.29, 0.717) is 5.56 Å². The molecule has 2 heterocycles. The molecule has 1 aromatic heterocycles. The van der Waals surface area contributed by atoms with E-state index in [1.54, 1.807) is 30.5 Å². The second-order valence-electron chi connectivity index (χ2n) is 5.24. The maximum atomic E-state index is 13.9. The van der Waals surface area contributed by atoms with Crippen molar-refractivity contribution in [3.63, 3.8) is 0 Å². The van der Waals surface area contributed by atoms with E-state index in [1.165, 1.54) is 6.07 Å². The molecule has 0 unspecified atom stereocenters. The van der Waals surface area contributed by atoms with Gasteiger partial charge in [0.25, 0.3) is 0 Å². The number of aromatic nitrogens is 1. The molecule has 1 aliphatic rings. The molecule has 1 aromatic carbocycles. The predicted molar refractivity (Wildman–Crippen MR) is 88.7 cm³/mol. The summed E-state index contributed by atoms with van der Waals surface area (Å²) < 4.78 is 13.9. The standard InChI is InChI=1S/C17H18FN3S/c1-4-21-11(2)10-15(13-6-5-7-14(18)12(13)3)20-16(21)17-19-8-9-22-17/h5-10,15H,4H2,1-3H3/t15-/m0/s1. The number of halogens is 1. The van der Waals surface area contributed by atoms with Gasteiger partial charge in [0.2, 0.25) is 0 Å². The molecular weight excluding hydrogens is 297 g/mol. The summed E-state index contributed by atoms with van der Waals surface area (Å²) in [5, 5.41) is 2.84. The third kappa shape index (κ3) is 2.57. The van der Waals surface area contributed by atoms with Crippen LogP contribution in [0.4, 0.5) is 4.39 Å². The Morgan fingerprint density at radius 3 is 2.82 bits per heavy atom. The van der Waals surface area contributed by atoms with Crippen molar-refractivity contribution < 1.29 is 4.39 Å². The SMILES string of the molecule is CCN1C(C)=C[C@@H](c2cccc(F)c2C)N=C1c1nccs1. The fourth-order valence-corrected chi connectivity index (χ4v) is 3.37. The van der Waals surface area contributed by atoms with Crippen molar-refractivity contribution in [2.75, 3.05) is 6.54 Å². The predicted octanol–water partition coefficient (Wildman–Crippen LogP) is 4.32. The minimum absolute atomic E-state index is 0.169. The third-order valence-corrected chi connectivity index (χ3v) is 4.68. The first-order chi connectivity index (χ1) is 10.6. The Labute approximate surface area is 133 Å². The molecule has 1 atom stereocenters. The van der Waals surface area contributed by atoms with E-state index in [-0.39, 0.29) is 11.9 Å². The topological polar surface area (TPSA) is 28.5 Å².